The third kappa shape index (κ3) is 2.54. The quantitative estimate of drug-likeness (QED) is 0.744. The molecule has 0 saturated heterocycles. The number of aryl methyl sites for hydroxylation is 1. The zero-order chi connectivity index (χ0) is 9.90. The third-order valence-electron chi connectivity index (χ3n) is 1.76. The molecule has 4 heteroatoms. The van der Waals surface area contributed by atoms with E-state index in [1.165, 1.54) is 6.07 Å². The monoisotopic (exact) mass is 199 g/mol. The van der Waals surface area contributed by atoms with Crippen LogP contribution in [0.2, 0.25) is 0 Å². The highest BCUT2D eigenvalue weighted by Crippen LogP contribution is 2.16. The average molecular weight is 199 g/mol. The normalized spacial score (nSPS) is 11.5. The topological polar surface area (TPSA) is 54.0 Å². The Bertz CT molecular complexity index is 382. The molecule has 0 aliphatic carbocycles. The molecular formula is C9H11O3S. The van der Waals surface area contributed by atoms with Crippen LogP contribution in [0.25, 0.3) is 0 Å². The molecule has 0 spiro atoms. The fourth-order valence-corrected chi connectivity index (χ4v) is 1.96. The average Bonchev–Trinajstić information content (AvgIpc) is 2.04. The highest BCUT2D eigenvalue weighted by atomic mass is 32.2. The van der Waals surface area contributed by atoms with E-state index in [0.29, 0.717) is 12.0 Å². The molecule has 0 aliphatic heterocycles. The molecule has 0 N–H and O–H groups in total. The predicted molar refractivity (Wildman–Crippen MR) is 48.3 cm³/mol. The van der Waals surface area contributed by atoms with Crippen LogP contribution >= 0.6 is 0 Å². The van der Waals surface area contributed by atoms with Gasteiger partial charge >= 0.3 is 10.1 Å². The molecule has 0 saturated carbocycles. The summed E-state index contributed by atoms with van der Waals surface area (Å²) in [4.78, 5) is -0.0862. The summed E-state index contributed by atoms with van der Waals surface area (Å²) in [6.45, 7) is 1.94. The summed E-state index contributed by atoms with van der Waals surface area (Å²) < 4.78 is 32.3. The Morgan fingerprint density at radius 1 is 1.23 bits per heavy atom. The van der Waals surface area contributed by atoms with Crippen LogP contribution in [0, 0.1) is 0 Å². The summed E-state index contributed by atoms with van der Waals surface area (Å²) in [7, 11) is -4.31. The Hall–Kier alpha value is -0.870. The van der Waals surface area contributed by atoms with Crippen molar-refractivity contribution in [1.82, 2.24) is 0 Å². The van der Waals surface area contributed by atoms with Crippen molar-refractivity contribution in [3.05, 3.63) is 29.8 Å². The van der Waals surface area contributed by atoms with E-state index in [1.54, 1.807) is 18.2 Å². The van der Waals surface area contributed by atoms with Crippen molar-refractivity contribution in [1.29, 1.82) is 0 Å². The molecule has 1 aromatic carbocycles. The van der Waals surface area contributed by atoms with Crippen LogP contribution in [0.4, 0.5) is 0 Å². The van der Waals surface area contributed by atoms with Gasteiger partial charge in [-0.3, -0.25) is 0 Å². The van der Waals surface area contributed by atoms with Gasteiger partial charge in [-0.15, -0.1) is 0 Å². The maximum Gasteiger partial charge on any atom is 0.324 e. The molecule has 0 atom stereocenters. The van der Waals surface area contributed by atoms with Gasteiger partial charge in [-0.05, 0) is 18.1 Å². The lowest BCUT2D eigenvalue weighted by molar-refractivity contribution is 0.413. The molecule has 0 bridgehead atoms. The molecule has 13 heavy (non-hydrogen) atoms. The van der Waals surface area contributed by atoms with Crippen molar-refractivity contribution >= 4 is 10.1 Å². The van der Waals surface area contributed by atoms with Gasteiger partial charge in [0, 0.05) is 0 Å². The third-order valence-corrected chi connectivity index (χ3v) is 2.70. The maximum atomic E-state index is 10.8. The summed E-state index contributed by atoms with van der Waals surface area (Å²) in [5, 5.41) is 0. The fraction of sp³-hybridized carbons (Fsp3) is 0.333. The van der Waals surface area contributed by atoms with E-state index in [-0.39, 0.29) is 4.90 Å². The zero-order valence-electron chi connectivity index (χ0n) is 7.36. The summed E-state index contributed by atoms with van der Waals surface area (Å²) in [5.74, 6) is 0. The minimum atomic E-state index is -4.31. The van der Waals surface area contributed by atoms with Gasteiger partial charge in [0.15, 0.2) is 0 Å². The van der Waals surface area contributed by atoms with Crippen molar-refractivity contribution in [2.45, 2.75) is 24.7 Å². The predicted octanol–water partition coefficient (Wildman–Crippen LogP) is 1.76. The highest BCUT2D eigenvalue weighted by Gasteiger charge is 2.15. The minimum absolute atomic E-state index is 0.0862. The van der Waals surface area contributed by atoms with E-state index >= 15 is 0 Å². The molecule has 0 fully saturated rings. The van der Waals surface area contributed by atoms with Crippen LogP contribution < -0.4 is 0 Å². The first-order valence-corrected chi connectivity index (χ1v) is 5.50. The van der Waals surface area contributed by atoms with Gasteiger partial charge in [-0.2, -0.15) is 8.42 Å². The number of benzene rings is 1. The van der Waals surface area contributed by atoms with E-state index in [1.807, 2.05) is 6.92 Å². The van der Waals surface area contributed by atoms with E-state index < -0.39 is 10.1 Å². The second kappa shape index (κ2) is 3.89. The van der Waals surface area contributed by atoms with Crippen LogP contribution in [-0.4, -0.2) is 8.42 Å². The van der Waals surface area contributed by atoms with Crippen molar-refractivity contribution in [3.8, 4) is 0 Å². The van der Waals surface area contributed by atoms with Gasteiger partial charge in [-0.1, -0.05) is 36.1 Å². The van der Waals surface area contributed by atoms with Crippen molar-refractivity contribution in [2.24, 2.45) is 0 Å². The largest absolute Gasteiger partial charge is 0.324 e. The Morgan fingerprint density at radius 3 is 2.38 bits per heavy atom. The summed E-state index contributed by atoms with van der Waals surface area (Å²) >= 11 is 0. The Morgan fingerprint density at radius 2 is 1.85 bits per heavy atom. The first kappa shape index (κ1) is 10.2. The second-order valence-electron chi connectivity index (χ2n) is 2.81. The Kier molecular flexibility index (Phi) is 3.06. The molecule has 1 aromatic rings. The van der Waals surface area contributed by atoms with Crippen molar-refractivity contribution in [2.75, 3.05) is 0 Å². The van der Waals surface area contributed by atoms with Crippen LogP contribution in [0.5, 0.6) is 0 Å². The first-order chi connectivity index (χ1) is 6.05. The minimum Gasteiger partial charge on any atom is -0.192 e. The highest BCUT2D eigenvalue weighted by molar-refractivity contribution is 7.85. The van der Waals surface area contributed by atoms with E-state index in [4.69, 9.17) is 0 Å². The van der Waals surface area contributed by atoms with Crippen molar-refractivity contribution in [3.63, 3.8) is 0 Å². The van der Waals surface area contributed by atoms with Gasteiger partial charge in [-0.25, -0.2) is 0 Å². The van der Waals surface area contributed by atoms with Crippen LogP contribution in [0.15, 0.2) is 29.2 Å². The molecule has 0 aliphatic rings. The molecule has 0 aromatic heterocycles. The van der Waals surface area contributed by atoms with Gasteiger partial charge in [0.1, 0.15) is 0 Å². The lowest BCUT2D eigenvalue weighted by atomic mass is 10.1. The van der Waals surface area contributed by atoms with Crippen LogP contribution in [0.3, 0.4) is 0 Å². The smallest absolute Gasteiger partial charge is 0.192 e. The lowest BCUT2D eigenvalue weighted by Crippen LogP contribution is -2.01. The van der Waals surface area contributed by atoms with Crippen LogP contribution in [-0.2, 0) is 21.1 Å². The fourth-order valence-electron chi connectivity index (χ4n) is 1.22. The molecule has 0 amide bonds. The van der Waals surface area contributed by atoms with Gasteiger partial charge in [0.2, 0.25) is 0 Å². The van der Waals surface area contributed by atoms with Gasteiger partial charge in [0.25, 0.3) is 0 Å². The van der Waals surface area contributed by atoms with Gasteiger partial charge in [0.05, 0.1) is 4.90 Å². The van der Waals surface area contributed by atoms with Gasteiger partial charge < -0.3 is 0 Å². The standard InChI is InChI=1S/C9H11O3S/c1-2-5-8-6-3-4-7-9(8)13(10,11)12/h3-4,6-7H,2,5H2,1H3. The number of hydrogen-bond acceptors (Lipinski definition) is 2. The van der Waals surface area contributed by atoms with E-state index in [0.717, 1.165) is 6.42 Å². The number of hydrogen-bond donors (Lipinski definition) is 0. The Labute approximate surface area is 78.2 Å². The summed E-state index contributed by atoms with van der Waals surface area (Å²) in [6, 6.07) is 6.32. The molecular weight excluding hydrogens is 188 g/mol. The maximum absolute atomic E-state index is 10.8. The molecule has 0 heterocycles. The second-order valence-corrected chi connectivity index (χ2v) is 4.16. The molecule has 1 radical (unpaired) electrons. The summed E-state index contributed by atoms with van der Waals surface area (Å²) in [5.41, 5.74) is 0.611. The molecule has 1 rings (SSSR count). The van der Waals surface area contributed by atoms with E-state index in [9.17, 15) is 13.0 Å². The Balaban J connectivity index is 3.20. The summed E-state index contributed by atoms with van der Waals surface area (Å²) in [6.07, 6.45) is 1.45. The lowest BCUT2D eigenvalue weighted by Gasteiger charge is -2.03. The van der Waals surface area contributed by atoms with E-state index in [2.05, 4.69) is 0 Å². The first-order valence-electron chi connectivity index (χ1n) is 4.09. The molecule has 3 nitrogen and oxygen atoms in total. The molecule has 0 unspecified atom stereocenters. The van der Waals surface area contributed by atoms with Crippen molar-refractivity contribution < 1.29 is 13.0 Å². The molecule has 71 valence electrons. The SMILES string of the molecule is CCCc1ccccc1S([O])(=O)=O. The number of rotatable bonds is 3. The zero-order valence-corrected chi connectivity index (χ0v) is 8.17. The van der Waals surface area contributed by atoms with Crippen LogP contribution in [0.1, 0.15) is 18.9 Å².